The van der Waals surface area contributed by atoms with E-state index in [0.717, 1.165) is 28.2 Å². The van der Waals surface area contributed by atoms with Gasteiger partial charge in [-0.05, 0) is 50.1 Å². The van der Waals surface area contributed by atoms with E-state index in [2.05, 4.69) is 50.8 Å². The van der Waals surface area contributed by atoms with E-state index >= 15 is 0 Å². The fourth-order valence-electron chi connectivity index (χ4n) is 3.18. The average molecular weight is 565 g/mol. The molecule has 1 atom stereocenters. The minimum Gasteiger partial charge on any atom is -0.493 e. The van der Waals surface area contributed by atoms with Gasteiger partial charge in [-0.2, -0.15) is 9.78 Å². The van der Waals surface area contributed by atoms with Crippen molar-refractivity contribution in [2.24, 2.45) is 5.10 Å². The van der Waals surface area contributed by atoms with Gasteiger partial charge in [-0.1, -0.05) is 52.1 Å². The number of unbranched alkanes of at least 4 members (excludes halogenated alkanes) is 1. The molecule has 6 nitrogen and oxygen atoms in total. The van der Waals surface area contributed by atoms with Crippen molar-refractivity contribution >= 4 is 49.0 Å². The molecule has 3 rings (SSSR count). The summed E-state index contributed by atoms with van der Waals surface area (Å²) in [6.45, 7) is 6.17. The van der Waals surface area contributed by atoms with Gasteiger partial charge in [0.05, 0.1) is 30.3 Å². The Kier molecular flexibility index (Phi) is 8.48. The molecular formula is C24H27Br2N3O3. The second kappa shape index (κ2) is 11.1. The maximum absolute atomic E-state index is 13.3. The summed E-state index contributed by atoms with van der Waals surface area (Å²) < 4.78 is 14.7. The first-order valence-corrected chi connectivity index (χ1v) is 12.3. The minimum absolute atomic E-state index is 0.000232. The topological polar surface area (TPSA) is 65.7 Å². The Morgan fingerprint density at radius 3 is 2.66 bits per heavy atom. The van der Waals surface area contributed by atoms with Crippen molar-refractivity contribution in [3.05, 3.63) is 61.0 Å². The molecule has 32 heavy (non-hydrogen) atoms. The zero-order valence-electron chi connectivity index (χ0n) is 18.7. The number of ether oxygens (including phenoxy) is 2. The molecule has 0 spiro atoms. The third kappa shape index (κ3) is 5.59. The summed E-state index contributed by atoms with van der Waals surface area (Å²) >= 11 is 6.96. The highest BCUT2D eigenvalue weighted by atomic mass is 79.9. The van der Waals surface area contributed by atoms with Crippen LogP contribution in [0.1, 0.15) is 51.4 Å². The summed E-state index contributed by atoms with van der Waals surface area (Å²) in [6.07, 6.45) is 5.05. The molecule has 0 bridgehead atoms. The van der Waals surface area contributed by atoms with Crippen molar-refractivity contribution in [2.75, 3.05) is 7.11 Å². The lowest BCUT2D eigenvalue weighted by atomic mass is 10.2. The number of hydrogen-bond donors (Lipinski definition) is 0. The van der Waals surface area contributed by atoms with E-state index in [9.17, 15) is 4.79 Å². The van der Waals surface area contributed by atoms with E-state index in [-0.39, 0.29) is 11.7 Å². The average Bonchev–Trinajstić information content (AvgIpc) is 2.78. The van der Waals surface area contributed by atoms with Crippen LogP contribution in [-0.2, 0) is 6.42 Å². The van der Waals surface area contributed by atoms with Gasteiger partial charge in [0.1, 0.15) is 5.82 Å². The largest absolute Gasteiger partial charge is 0.493 e. The van der Waals surface area contributed by atoms with Crippen molar-refractivity contribution in [3.8, 4) is 11.5 Å². The molecule has 3 aromatic rings. The number of rotatable bonds is 9. The first-order valence-electron chi connectivity index (χ1n) is 10.7. The molecule has 0 fully saturated rings. The summed E-state index contributed by atoms with van der Waals surface area (Å²) in [4.78, 5) is 18.0. The highest BCUT2D eigenvalue weighted by Gasteiger charge is 2.15. The van der Waals surface area contributed by atoms with Crippen LogP contribution >= 0.6 is 31.9 Å². The van der Waals surface area contributed by atoms with Gasteiger partial charge < -0.3 is 9.47 Å². The minimum atomic E-state index is -0.204. The molecule has 1 aromatic heterocycles. The Bertz CT molecular complexity index is 1190. The number of aryl methyl sites for hydroxylation is 1. The smallest absolute Gasteiger partial charge is 0.282 e. The predicted octanol–water partition coefficient (Wildman–Crippen LogP) is 6.33. The van der Waals surface area contributed by atoms with Crippen LogP contribution in [0.25, 0.3) is 10.9 Å². The Morgan fingerprint density at radius 2 is 1.97 bits per heavy atom. The van der Waals surface area contributed by atoms with Gasteiger partial charge in [0, 0.05) is 20.9 Å². The third-order valence-corrected chi connectivity index (χ3v) is 6.05. The maximum Gasteiger partial charge on any atom is 0.282 e. The predicted molar refractivity (Wildman–Crippen MR) is 136 cm³/mol. The zero-order valence-corrected chi connectivity index (χ0v) is 21.9. The number of hydrogen-bond acceptors (Lipinski definition) is 5. The molecular weight excluding hydrogens is 538 g/mol. The van der Waals surface area contributed by atoms with Gasteiger partial charge >= 0.3 is 0 Å². The number of methoxy groups -OCH3 is 1. The standard InChI is InChI=1S/C24H27Br2N3O3/c1-5-7-8-22-28-20-10-9-17(25)12-19(20)24(30)29(22)27-14-16-11-18(26)13-21(31-4)23(16)32-15(3)6-2/h9-15H,5-8H2,1-4H3/t15-/m1/s1. The Balaban J connectivity index is 2.16. The van der Waals surface area contributed by atoms with Gasteiger partial charge in [-0.25, -0.2) is 4.98 Å². The molecule has 1 heterocycles. The molecule has 0 saturated carbocycles. The molecule has 2 aromatic carbocycles. The van der Waals surface area contributed by atoms with Crippen LogP contribution < -0.4 is 15.0 Å². The van der Waals surface area contributed by atoms with E-state index in [1.165, 1.54) is 4.68 Å². The van der Waals surface area contributed by atoms with Gasteiger partial charge in [-0.15, -0.1) is 0 Å². The fourth-order valence-corrected chi connectivity index (χ4v) is 3.99. The monoisotopic (exact) mass is 563 g/mol. The van der Waals surface area contributed by atoms with E-state index in [1.54, 1.807) is 19.4 Å². The molecule has 0 radical (unpaired) electrons. The summed E-state index contributed by atoms with van der Waals surface area (Å²) in [5.41, 5.74) is 1.17. The molecule has 170 valence electrons. The van der Waals surface area contributed by atoms with Crippen LogP contribution in [0.5, 0.6) is 11.5 Å². The van der Waals surface area contributed by atoms with Gasteiger partial charge in [-0.3, -0.25) is 4.79 Å². The second-order valence-electron chi connectivity index (χ2n) is 7.52. The molecule has 0 aliphatic heterocycles. The van der Waals surface area contributed by atoms with E-state index in [4.69, 9.17) is 14.5 Å². The van der Waals surface area contributed by atoms with E-state index < -0.39 is 0 Å². The van der Waals surface area contributed by atoms with Gasteiger partial charge in [0.15, 0.2) is 11.5 Å². The van der Waals surface area contributed by atoms with Gasteiger partial charge in [0.2, 0.25) is 0 Å². The molecule has 0 saturated heterocycles. The summed E-state index contributed by atoms with van der Waals surface area (Å²) in [7, 11) is 1.60. The van der Waals surface area contributed by atoms with Crippen LogP contribution in [0.4, 0.5) is 0 Å². The first kappa shape index (κ1) is 24.5. The van der Waals surface area contributed by atoms with E-state index in [0.29, 0.717) is 40.2 Å². The number of benzene rings is 2. The Labute approximate surface area is 204 Å². The maximum atomic E-state index is 13.3. The van der Waals surface area contributed by atoms with Crippen LogP contribution in [0.3, 0.4) is 0 Å². The Morgan fingerprint density at radius 1 is 1.19 bits per heavy atom. The van der Waals surface area contributed by atoms with Crippen LogP contribution in [-0.4, -0.2) is 29.1 Å². The lowest BCUT2D eigenvalue weighted by Gasteiger charge is -2.18. The third-order valence-electron chi connectivity index (χ3n) is 5.10. The quantitative estimate of drug-likeness (QED) is 0.285. The van der Waals surface area contributed by atoms with Crippen LogP contribution in [0, 0.1) is 0 Å². The molecule has 0 aliphatic rings. The zero-order chi connectivity index (χ0) is 23.3. The van der Waals surface area contributed by atoms with Crippen molar-refractivity contribution in [3.63, 3.8) is 0 Å². The lowest BCUT2D eigenvalue weighted by molar-refractivity contribution is 0.207. The van der Waals surface area contributed by atoms with Crippen molar-refractivity contribution in [2.45, 2.75) is 52.6 Å². The summed E-state index contributed by atoms with van der Waals surface area (Å²) in [6, 6.07) is 9.26. The highest BCUT2D eigenvalue weighted by molar-refractivity contribution is 9.10. The number of halogens is 2. The molecule has 0 unspecified atom stereocenters. The van der Waals surface area contributed by atoms with Crippen molar-refractivity contribution in [1.82, 2.24) is 9.66 Å². The van der Waals surface area contributed by atoms with E-state index in [1.807, 2.05) is 31.2 Å². The number of fused-ring (bicyclic) bond motifs is 1. The molecule has 8 heteroatoms. The normalized spacial score (nSPS) is 12.4. The second-order valence-corrected chi connectivity index (χ2v) is 9.35. The lowest BCUT2D eigenvalue weighted by Crippen LogP contribution is -2.22. The van der Waals surface area contributed by atoms with Crippen molar-refractivity contribution in [1.29, 1.82) is 0 Å². The molecule has 0 N–H and O–H groups in total. The number of aromatic nitrogens is 2. The number of nitrogens with zero attached hydrogens (tertiary/aromatic N) is 3. The highest BCUT2D eigenvalue weighted by Crippen LogP contribution is 2.35. The first-order chi connectivity index (χ1) is 15.4. The molecule has 0 amide bonds. The fraction of sp³-hybridized carbons (Fsp3) is 0.375. The van der Waals surface area contributed by atoms with Crippen LogP contribution in [0.15, 0.2) is 49.2 Å². The Hall–Kier alpha value is -2.19. The summed E-state index contributed by atoms with van der Waals surface area (Å²) in [5.74, 6) is 1.82. The SMILES string of the molecule is CCCCc1nc2ccc(Br)cc2c(=O)n1N=Cc1cc(Br)cc(OC)c1O[C@H](C)CC. The van der Waals surface area contributed by atoms with Crippen molar-refractivity contribution < 1.29 is 9.47 Å². The summed E-state index contributed by atoms with van der Waals surface area (Å²) in [5, 5.41) is 5.08. The molecule has 0 aliphatic carbocycles. The van der Waals surface area contributed by atoms with Crippen LogP contribution in [0.2, 0.25) is 0 Å². The van der Waals surface area contributed by atoms with Gasteiger partial charge in [0.25, 0.3) is 5.56 Å².